The van der Waals surface area contributed by atoms with E-state index in [1.807, 2.05) is 13.8 Å². The summed E-state index contributed by atoms with van der Waals surface area (Å²) >= 11 is 0.772. The van der Waals surface area contributed by atoms with Gasteiger partial charge in [-0.1, -0.05) is 88.1 Å². The second kappa shape index (κ2) is 50.5. The molecular formula is C90H125N23O21S. The first-order valence-corrected chi connectivity index (χ1v) is 46.2. The number of carbonyl (C=O) groups is 17. The third kappa shape index (κ3) is 29.2. The quantitative estimate of drug-likeness (QED) is 0.0147. The van der Waals surface area contributed by atoms with Gasteiger partial charge in [-0.25, -0.2) is 4.98 Å². The lowest BCUT2D eigenvalue weighted by Crippen LogP contribution is -2.61. The maximum atomic E-state index is 15.7. The number of fused-ring (bicyclic) bond motifs is 4. The number of aliphatic hydroxyl groups excluding tert-OH is 2. The number of aliphatic hydroxyl groups is 2. The Kier molecular flexibility index (Phi) is 39.3. The first-order chi connectivity index (χ1) is 64.4. The fraction of sp³-hybridized carbons (Fsp3) is 0.522. The number of likely N-dealkylation sites (N-methyl/N-ethyl adjacent to an activating group) is 3. The topological polar surface area (TPSA) is 670 Å². The molecule has 135 heavy (non-hydrogen) atoms. The van der Waals surface area contributed by atoms with Gasteiger partial charge in [0.1, 0.15) is 78.3 Å². The minimum atomic E-state index is -2.03. The van der Waals surface area contributed by atoms with Gasteiger partial charge in [0.25, 0.3) is 0 Å². The Bertz CT molecular complexity index is 5210. The summed E-state index contributed by atoms with van der Waals surface area (Å²) < 4.78 is 0. The third-order valence-electron chi connectivity index (χ3n) is 24.3. The Labute approximate surface area is 783 Å². The monoisotopic (exact) mass is 1900 g/mol. The summed E-state index contributed by atoms with van der Waals surface area (Å²) in [6.45, 7) is 2.26. The number of imidazole rings is 1. The molecule has 0 spiro atoms. The number of guanidine groups is 1. The number of amides is 15. The number of para-hydroxylation sites is 2. The van der Waals surface area contributed by atoms with Crippen LogP contribution in [0.25, 0.3) is 21.8 Å². The number of ketones is 1. The van der Waals surface area contributed by atoms with E-state index in [9.17, 15) is 68.4 Å². The van der Waals surface area contributed by atoms with E-state index in [1.165, 1.54) is 64.9 Å². The number of carboxylic acids is 1. The number of carbonyl (C=O) groups excluding carboxylic acids is 16. The molecule has 3 aromatic carbocycles. The fourth-order valence-electron chi connectivity index (χ4n) is 16.8. The van der Waals surface area contributed by atoms with Crippen molar-refractivity contribution in [1.82, 2.24) is 97.6 Å². The van der Waals surface area contributed by atoms with Gasteiger partial charge in [0.05, 0.1) is 49.5 Å². The van der Waals surface area contributed by atoms with Crippen LogP contribution in [0.4, 0.5) is 0 Å². The first-order valence-electron chi connectivity index (χ1n) is 45.1. The number of nitrogens with one attached hydrogen (secondary N) is 14. The summed E-state index contributed by atoms with van der Waals surface area (Å²) in [6.07, 6.45) is 2.21. The van der Waals surface area contributed by atoms with Gasteiger partial charge >= 0.3 is 5.97 Å². The zero-order valence-electron chi connectivity index (χ0n) is 76.3. The van der Waals surface area contributed by atoms with Crippen molar-refractivity contribution in [3.05, 3.63) is 120 Å². The molecule has 9 rings (SSSR count). The highest BCUT2D eigenvalue weighted by Crippen LogP contribution is 2.30. The molecule has 24 N–H and O–H groups in total. The van der Waals surface area contributed by atoms with Gasteiger partial charge in [-0.15, -0.1) is 11.8 Å². The summed E-state index contributed by atoms with van der Waals surface area (Å²) in [5, 5.41) is 78.4. The number of nitrogens with two attached hydrogens (primary N) is 3. The molecule has 0 bridgehead atoms. The molecule has 3 aliphatic rings. The SMILES string of the molecule is CCCC[C@H]1C(=O)N(C)[C@@H](CCCC)C(=O)N[C@@H](CCCNC(=N)N)C(=O)N[C@H](C(=O)NCC(N)=O)CSCC(=O)N[C@@H](Cc2ccc(O)cc2)C(=O)N(C)[C@@H](C)C(=O)N[C@@H](CCN)C(=O)N2CCC[C@H]2C(=O)N[C@@H](Cc2c[nH]cn2)C(=O)N[C@@H](CC(=O)O)C(=O)N2C[C@H](O)C[C@H]2C(=O)C[C@@H](Cc2c[nH]c3ccccc23)C(=O)N[C@@H](CO)C(=O)N[C@@H](Cc2c[nH]c3ccccc23)C(=O)N1C. The maximum Gasteiger partial charge on any atom is 0.305 e. The van der Waals surface area contributed by atoms with Crippen LogP contribution >= 0.6 is 11.8 Å². The lowest BCUT2D eigenvalue weighted by Gasteiger charge is -2.36. The van der Waals surface area contributed by atoms with Crippen molar-refractivity contribution in [1.29, 1.82) is 5.41 Å². The average molecular weight is 1900 g/mol. The smallest absolute Gasteiger partial charge is 0.305 e. The number of phenols is 1. The van der Waals surface area contributed by atoms with Crippen molar-refractivity contribution >= 4 is 140 Å². The highest BCUT2D eigenvalue weighted by Gasteiger charge is 2.47. The summed E-state index contributed by atoms with van der Waals surface area (Å²) in [6, 6.07) is -0.942. The number of benzene rings is 3. The number of Topliss-reactive ketones (excluding diaryl/α,β-unsaturated/α-hetero) is 1. The van der Waals surface area contributed by atoms with E-state index >= 15 is 33.6 Å². The Morgan fingerprint density at radius 3 is 1.78 bits per heavy atom. The van der Waals surface area contributed by atoms with E-state index in [0.29, 0.717) is 64.2 Å². The van der Waals surface area contributed by atoms with Gasteiger partial charge < -0.3 is 130 Å². The number of rotatable bonds is 26. The molecule has 44 nitrogen and oxygen atoms in total. The number of primary amides is 1. The van der Waals surface area contributed by atoms with E-state index in [1.54, 1.807) is 60.9 Å². The number of carboxylic acid groups (broad SMARTS) is 1. The molecule has 15 atom stereocenters. The number of aliphatic carboxylic acids is 1. The standard InChI is InChI=1S/C90H125N23O21S/c1-7-9-22-69-83(128)102-61(21-15-31-96-90(93)94)80(125)108-68(79(124)99-43-74(92)118)46-135-47-75(119)101-64(33-50-25-27-55(115)28-26-50)85(130)109(4)49(3)77(122)103-62(29-30-91)87(132)112-32-16-24-70(112)84(129)104-63(37-54-42-95-48-100-54)81(126)106-66(39-76(120)121)88(133)113-44-56(116)38-72(113)73(117)36-51(34-52-40-97-59-19-13-11-17-57(52)59)78(123)107-67(45-114)82(127)105-65(35-53-41-98-60-20-14-12-18-58(53)60)86(131)111(6)71(23-10-8-2)89(134)110(69)5/h11-14,17-20,25-28,40-42,48-49,51,56,61-72,97-98,114-116H,7-10,15-16,21-24,29-39,43-47,91H2,1-6H3,(H2,92,118)(H,95,100)(H,99,124)(H,101,119)(H,102,128)(H,103,122)(H,104,129)(H,105,127)(H,106,126)(H,107,123)(H,108,125)(H,120,121)(H4,93,94,96)/t49-,51+,56+,61-,62-,63-,64-,65-,66-,67-,68-,69-,70-,71-,72-/m0/s1. The average Bonchev–Trinajstić information content (AvgIpc) is 1.70. The first kappa shape index (κ1) is 105. The van der Waals surface area contributed by atoms with Crippen molar-refractivity contribution in [2.75, 3.05) is 72.0 Å². The molecule has 6 aromatic rings. The van der Waals surface area contributed by atoms with E-state index in [0.717, 1.165) is 36.3 Å². The van der Waals surface area contributed by atoms with Gasteiger partial charge in [0.15, 0.2) is 11.7 Å². The van der Waals surface area contributed by atoms with Crippen LogP contribution in [-0.2, 0) is 107 Å². The van der Waals surface area contributed by atoms with Gasteiger partial charge in [0, 0.05) is 125 Å². The van der Waals surface area contributed by atoms with Crippen LogP contribution in [0.3, 0.4) is 0 Å². The predicted octanol–water partition coefficient (Wildman–Crippen LogP) is -2.94. The predicted molar refractivity (Wildman–Crippen MR) is 494 cm³/mol. The number of aromatic hydroxyl groups is 1. The molecule has 0 aliphatic carbocycles. The lowest BCUT2D eigenvalue weighted by molar-refractivity contribution is -0.149. The van der Waals surface area contributed by atoms with Crippen LogP contribution in [0.2, 0.25) is 0 Å². The van der Waals surface area contributed by atoms with E-state index < -0.39 is 254 Å². The number of hydrogen-bond acceptors (Lipinski definition) is 24. The van der Waals surface area contributed by atoms with Crippen LogP contribution in [0.5, 0.6) is 5.75 Å². The molecule has 3 fully saturated rings. The van der Waals surface area contributed by atoms with E-state index in [4.69, 9.17) is 22.6 Å². The summed E-state index contributed by atoms with van der Waals surface area (Å²) in [7, 11) is 3.92. The Morgan fingerprint density at radius 2 is 1.16 bits per heavy atom. The van der Waals surface area contributed by atoms with Gasteiger partial charge in [-0.3, -0.25) is 86.9 Å². The molecule has 0 unspecified atom stereocenters. The zero-order valence-corrected chi connectivity index (χ0v) is 77.2. The molecule has 3 aliphatic heterocycles. The van der Waals surface area contributed by atoms with Crippen LogP contribution < -0.4 is 70.4 Å². The Balaban J connectivity index is 1.10. The Morgan fingerprint density at radius 1 is 0.578 bits per heavy atom. The van der Waals surface area contributed by atoms with Gasteiger partial charge in [-0.2, -0.15) is 0 Å². The van der Waals surface area contributed by atoms with Gasteiger partial charge in [-0.05, 0) is 106 Å². The lowest BCUT2D eigenvalue weighted by atomic mass is 9.90. The number of aromatic amines is 3. The number of hydrogen-bond donors (Lipinski definition) is 21. The number of phenolic OH excluding ortho intramolecular Hbond substituents is 1. The van der Waals surface area contributed by atoms with E-state index in [2.05, 4.69) is 73.1 Å². The van der Waals surface area contributed by atoms with Gasteiger partial charge in [0.2, 0.25) is 88.6 Å². The van der Waals surface area contributed by atoms with Crippen molar-refractivity contribution in [2.45, 2.75) is 221 Å². The number of thioether (sulfide) groups is 1. The third-order valence-corrected chi connectivity index (χ3v) is 25.4. The van der Waals surface area contributed by atoms with Crippen molar-refractivity contribution in [2.24, 2.45) is 23.1 Å². The minimum absolute atomic E-state index is 0.00372. The number of nitrogens with zero attached hydrogens (tertiary/aromatic N) is 6. The van der Waals surface area contributed by atoms with Crippen molar-refractivity contribution in [3.63, 3.8) is 0 Å². The number of unbranched alkanes of at least 4 members (excludes halogenated alkanes) is 2. The van der Waals surface area contributed by atoms with Crippen molar-refractivity contribution in [3.8, 4) is 5.75 Å². The maximum absolute atomic E-state index is 15.7. The van der Waals surface area contributed by atoms with Crippen LogP contribution in [0.15, 0.2) is 97.7 Å². The Hall–Kier alpha value is -13.6. The molecule has 3 aromatic heterocycles. The minimum Gasteiger partial charge on any atom is -0.508 e. The second-order valence-corrected chi connectivity index (χ2v) is 35.2. The molecule has 15 amide bonds. The molecular weight excluding hydrogens is 1770 g/mol. The molecule has 732 valence electrons. The number of aromatic nitrogens is 4. The second-order valence-electron chi connectivity index (χ2n) is 34.1. The molecule has 45 heteroatoms. The highest BCUT2D eigenvalue weighted by molar-refractivity contribution is 8.00. The number of H-pyrrole nitrogens is 3. The van der Waals surface area contributed by atoms with Crippen molar-refractivity contribution < 1.29 is 102 Å². The van der Waals surface area contributed by atoms with E-state index in [-0.39, 0.29) is 95.3 Å². The van der Waals surface area contributed by atoms with Crippen LogP contribution in [0, 0.1) is 11.3 Å². The summed E-state index contributed by atoms with van der Waals surface area (Å²) in [5.41, 5.74) is 20.0. The van der Waals surface area contributed by atoms with Crippen LogP contribution in [-0.4, -0.2) is 328 Å². The molecule has 6 heterocycles. The normalized spacial score (nSPS) is 24.8. The molecule has 0 saturated carbocycles. The summed E-state index contributed by atoms with van der Waals surface area (Å²) in [4.78, 5) is 268. The highest BCUT2D eigenvalue weighted by atomic mass is 32.2. The largest absolute Gasteiger partial charge is 0.508 e. The summed E-state index contributed by atoms with van der Waals surface area (Å²) in [5.74, 6) is -19.8. The zero-order chi connectivity index (χ0) is 98.4. The molecule has 3 saturated heterocycles. The molecule has 0 radical (unpaired) electrons. The fourth-order valence-corrected chi connectivity index (χ4v) is 17.6. The van der Waals surface area contributed by atoms with Crippen LogP contribution in [0.1, 0.15) is 133 Å².